The van der Waals surface area contributed by atoms with Gasteiger partial charge in [0.05, 0.1) is 28.4 Å². The van der Waals surface area contributed by atoms with Crippen molar-refractivity contribution in [3.05, 3.63) is 118 Å². The minimum absolute atomic E-state index is 0.474. The van der Waals surface area contributed by atoms with Crippen LogP contribution < -0.4 is 16.0 Å². The summed E-state index contributed by atoms with van der Waals surface area (Å²) < 4.78 is 0. The van der Waals surface area contributed by atoms with Crippen LogP contribution in [0.15, 0.2) is 106 Å². The number of aliphatic imine (C=N–C) groups is 2. The Kier molecular flexibility index (Phi) is 4.09. The molecule has 0 saturated heterocycles. The van der Waals surface area contributed by atoms with Crippen molar-refractivity contribution in [2.75, 3.05) is 0 Å². The van der Waals surface area contributed by atoms with Crippen molar-refractivity contribution in [1.29, 1.82) is 0 Å². The predicted molar refractivity (Wildman–Crippen MR) is 130 cm³/mol. The van der Waals surface area contributed by atoms with Gasteiger partial charge < -0.3 is 10.3 Å². The van der Waals surface area contributed by atoms with Gasteiger partial charge >= 0.3 is 0 Å². The van der Waals surface area contributed by atoms with E-state index in [2.05, 4.69) is 52.6 Å². The first-order chi connectivity index (χ1) is 15.7. The molecule has 0 saturated carbocycles. The SMILES string of the molecule is C#Cc1ccccc1C12C=C3C=CC(=N3)C=C3C=CC(=N3)C=c3ccc([nH]3)=CC(=CC1)N2. The maximum Gasteiger partial charge on any atom is 0.0880 e. The molecule has 5 heterocycles. The maximum atomic E-state index is 5.86. The van der Waals surface area contributed by atoms with Crippen LogP contribution in [-0.4, -0.2) is 16.4 Å². The zero-order chi connectivity index (χ0) is 21.5. The third kappa shape index (κ3) is 3.21. The van der Waals surface area contributed by atoms with Crippen molar-refractivity contribution in [2.45, 2.75) is 12.0 Å². The summed E-state index contributed by atoms with van der Waals surface area (Å²) in [7, 11) is 0. The van der Waals surface area contributed by atoms with E-state index >= 15 is 0 Å². The van der Waals surface area contributed by atoms with E-state index in [0.717, 1.165) is 56.8 Å². The number of fused-ring (bicyclic) bond motifs is 6. The van der Waals surface area contributed by atoms with E-state index in [4.69, 9.17) is 16.4 Å². The number of hydrogen-bond acceptors (Lipinski definition) is 3. The minimum atomic E-state index is -0.474. The molecule has 0 aliphatic carbocycles. The van der Waals surface area contributed by atoms with Crippen LogP contribution in [0, 0.1) is 12.3 Å². The van der Waals surface area contributed by atoms with Crippen molar-refractivity contribution in [2.24, 2.45) is 9.98 Å². The molecule has 4 heteroatoms. The maximum absolute atomic E-state index is 5.86. The largest absolute Gasteiger partial charge is 0.372 e. The topological polar surface area (TPSA) is 52.5 Å². The number of rotatable bonds is 1. The zero-order valence-electron chi connectivity index (χ0n) is 17.3. The van der Waals surface area contributed by atoms with Crippen molar-refractivity contribution in [3.63, 3.8) is 0 Å². The second-order valence-corrected chi connectivity index (χ2v) is 8.19. The summed E-state index contributed by atoms with van der Waals surface area (Å²) in [6, 6.07) is 12.2. The standard InChI is InChI=1S/C28H20N4/c1-2-19-5-3-4-6-27(19)28-14-13-25(32-28)17-24-10-9-21(30-24)15-20-7-8-22(29-20)16-23-11-12-26(18-28)31-23/h1,3-13,15-18,30,32H,14H2. The molecule has 2 N–H and O–H groups in total. The number of nitrogens with zero attached hydrogens (tertiary/aromatic N) is 2. The Morgan fingerprint density at radius 2 is 1.59 bits per heavy atom. The summed E-state index contributed by atoms with van der Waals surface area (Å²) in [5, 5.41) is 5.77. The highest BCUT2D eigenvalue weighted by Gasteiger charge is 2.35. The van der Waals surface area contributed by atoms with Gasteiger partial charge in [-0.25, -0.2) is 9.98 Å². The molecule has 4 aliphatic rings. The summed E-state index contributed by atoms with van der Waals surface area (Å²) in [4.78, 5) is 13.0. The highest BCUT2D eigenvalue weighted by Crippen LogP contribution is 2.37. The first-order valence-corrected chi connectivity index (χ1v) is 10.6. The first-order valence-electron chi connectivity index (χ1n) is 10.6. The Morgan fingerprint density at radius 1 is 0.844 bits per heavy atom. The van der Waals surface area contributed by atoms with Crippen LogP contribution in [-0.2, 0) is 5.54 Å². The number of hydrogen-bond donors (Lipinski definition) is 2. The lowest BCUT2D eigenvalue weighted by molar-refractivity contribution is 0.505. The van der Waals surface area contributed by atoms with E-state index in [1.54, 1.807) is 0 Å². The van der Waals surface area contributed by atoms with Gasteiger partial charge in [0, 0.05) is 22.0 Å². The Balaban J connectivity index is 1.56. The van der Waals surface area contributed by atoms with Gasteiger partial charge in [-0.3, -0.25) is 0 Å². The minimum Gasteiger partial charge on any atom is -0.372 e. The molecule has 32 heavy (non-hydrogen) atoms. The number of terminal acetylenes is 1. The normalized spacial score (nSPS) is 22.5. The lowest BCUT2D eigenvalue weighted by Gasteiger charge is -2.30. The second-order valence-electron chi connectivity index (χ2n) is 8.19. The van der Waals surface area contributed by atoms with Crippen LogP contribution >= 0.6 is 0 Å². The van der Waals surface area contributed by atoms with Crippen LogP contribution in [0.4, 0.5) is 0 Å². The zero-order valence-corrected chi connectivity index (χ0v) is 17.3. The van der Waals surface area contributed by atoms with Crippen molar-refractivity contribution in [3.8, 4) is 12.3 Å². The Morgan fingerprint density at radius 3 is 2.47 bits per heavy atom. The van der Waals surface area contributed by atoms with Crippen molar-refractivity contribution in [1.82, 2.24) is 10.3 Å². The lowest BCUT2D eigenvalue weighted by Crippen LogP contribution is -2.36. The third-order valence-electron chi connectivity index (χ3n) is 5.98. The number of benzene rings is 1. The molecule has 2 aromatic rings. The molecule has 0 spiro atoms. The number of allylic oxidation sites excluding steroid dienone is 6. The van der Waals surface area contributed by atoms with E-state index in [-0.39, 0.29) is 0 Å². The van der Waals surface area contributed by atoms with Crippen LogP contribution in [0.25, 0.3) is 12.2 Å². The summed E-state index contributed by atoms with van der Waals surface area (Å²) >= 11 is 0. The van der Waals surface area contributed by atoms with Gasteiger partial charge in [0.15, 0.2) is 0 Å². The predicted octanol–water partition coefficient (Wildman–Crippen LogP) is 3.13. The van der Waals surface area contributed by atoms with Crippen molar-refractivity contribution < 1.29 is 0 Å². The van der Waals surface area contributed by atoms with Gasteiger partial charge in [0.25, 0.3) is 0 Å². The lowest BCUT2D eigenvalue weighted by atomic mass is 9.84. The molecule has 4 nitrogen and oxygen atoms in total. The highest BCUT2D eigenvalue weighted by molar-refractivity contribution is 6.19. The van der Waals surface area contributed by atoms with Crippen LogP contribution in [0.2, 0.25) is 0 Å². The molecule has 1 unspecified atom stereocenters. The fourth-order valence-corrected chi connectivity index (χ4v) is 4.51. The smallest absolute Gasteiger partial charge is 0.0880 e. The molecule has 1 atom stereocenters. The van der Waals surface area contributed by atoms with E-state index in [1.165, 1.54) is 0 Å². The van der Waals surface area contributed by atoms with Crippen molar-refractivity contribution >= 4 is 23.6 Å². The number of aromatic amines is 1. The summed E-state index contributed by atoms with van der Waals surface area (Å²) in [5.41, 5.74) is 6.10. The van der Waals surface area contributed by atoms with E-state index in [1.807, 2.05) is 54.7 Å². The summed E-state index contributed by atoms with van der Waals surface area (Å²) in [5.74, 6) is 2.85. The molecular weight excluding hydrogens is 392 g/mol. The van der Waals surface area contributed by atoms with Crippen LogP contribution in [0.5, 0.6) is 0 Å². The Bertz CT molecular complexity index is 1530. The van der Waals surface area contributed by atoms with E-state index in [9.17, 15) is 0 Å². The molecule has 0 amide bonds. The average Bonchev–Trinajstić information content (AvgIpc) is 3.59. The number of nitrogens with one attached hydrogen (secondary N) is 2. The first kappa shape index (κ1) is 18.4. The molecule has 0 fully saturated rings. The number of aromatic nitrogens is 1. The monoisotopic (exact) mass is 412 g/mol. The number of H-pyrrole nitrogens is 1. The van der Waals surface area contributed by atoms with Gasteiger partial charge in [-0.1, -0.05) is 30.2 Å². The Hall–Kier alpha value is -4.36. The van der Waals surface area contributed by atoms with E-state index in [0.29, 0.717) is 0 Å². The fraction of sp³-hybridized carbons (Fsp3) is 0.0714. The molecule has 8 bridgehead atoms. The quantitative estimate of drug-likeness (QED) is 0.695. The van der Waals surface area contributed by atoms with Gasteiger partial charge in [0.2, 0.25) is 0 Å². The molecule has 1 aromatic carbocycles. The molecule has 152 valence electrons. The van der Waals surface area contributed by atoms with Gasteiger partial charge in [0.1, 0.15) is 0 Å². The molecular formula is C28H20N4. The Labute approximate surface area is 186 Å². The van der Waals surface area contributed by atoms with Gasteiger partial charge in [-0.2, -0.15) is 0 Å². The molecule has 0 radical (unpaired) electrons. The fourth-order valence-electron chi connectivity index (χ4n) is 4.51. The second kappa shape index (κ2) is 7.11. The average molecular weight is 412 g/mol. The molecule has 1 aromatic heterocycles. The van der Waals surface area contributed by atoms with Gasteiger partial charge in [-0.05, 0) is 78.8 Å². The molecule has 4 aliphatic heterocycles. The van der Waals surface area contributed by atoms with Crippen LogP contribution in [0.3, 0.4) is 0 Å². The van der Waals surface area contributed by atoms with E-state index < -0.39 is 5.54 Å². The van der Waals surface area contributed by atoms with Crippen LogP contribution in [0.1, 0.15) is 17.5 Å². The third-order valence-corrected chi connectivity index (χ3v) is 5.98. The summed E-state index contributed by atoms with van der Waals surface area (Å²) in [6.45, 7) is 0. The highest BCUT2D eigenvalue weighted by atomic mass is 15.0. The van der Waals surface area contributed by atoms with Gasteiger partial charge in [-0.15, -0.1) is 6.42 Å². The summed E-state index contributed by atoms with van der Waals surface area (Å²) in [6.07, 6.45) is 25.3. The molecule has 6 rings (SSSR count).